The van der Waals surface area contributed by atoms with E-state index < -0.39 is 0 Å². The van der Waals surface area contributed by atoms with Gasteiger partial charge in [0.2, 0.25) is 0 Å². The molecule has 0 spiro atoms. The van der Waals surface area contributed by atoms with E-state index in [2.05, 4.69) is 37.5 Å². The predicted octanol–water partition coefficient (Wildman–Crippen LogP) is 3.48. The van der Waals surface area contributed by atoms with Crippen LogP contribution in [0.3, 0.4) is 0 Å². The molecule has 0 radical (unpaired) electrons. The van der Waals surface area contributed by atoms with Crippen LogP contribution in [0.1, 0.15) is 53.4 Å². The number of hydrogen-bond acceptors (Lipinski definition) is 2. The molecule has 18 heavy (non-hydrogen) atoms. The van der Waals surface area contributed by atoms with Crippen LogP contribution in [0.2, 0.25) is 0 Å². The Balaban J connectivity index is 0.000000180. The predicted molar refractivity (Wildman–Crippen MR) is 81.0 cm³/mol. The summed E-state index contributed by atoms with van der Waals surface area (Å²) in [5.41, 5.74) is 0. The zero-order valence-electron chi connectivity index (χ0n) is 13.1. The van der Waals surface area contributed by atoms with Crippen LogP contribution in [0.5, 0.6) is 0 Å². The van der Waals surface area contributed by atoms with Crippen molar-refractivity contribution in [2.45, 2.75) is 53.4 Å². The molecule has 2 saturated heterocycles. The highest BCUT2D eigenvalue weighted by Gasteiger charge is 2.13. The lowest BCUT2D eigenvalue weighted by Gasteiger charge is -2.29. The van der Waals surface area contributed by atoms with Crippen LogP contribution in [-0.4, -0.2) is 49.1 Å². The van der Waals surface area contributed by atoms with Crippen molar-refractivity contribution in [3.63, 3.8) is 0 Å². The number of hydrogen-bond donors (Lipinski definition) is 0. The van der Waals surface area contributed by atoms with Gasteiger partial charge >= 0.3 is 0 Å². The number of piperidine rings is 2. The molecule has 2 aliphatic heterocycles. The van der Waals surface area contributed by atoms with Gasteiger partial charge < -0.3 is 9.80 Å². The summed E-state index contributed by atoms with van der Waals surface area (Å²) in [4.78, 5) is 5.06. The lowest BCUT2D eigenvalue weighted by atomic mass is 9.99. The summed E-state index contributed by atoms with van der Waals surface area (Å²) in [5.74, 6) is 1.92. The normalized spacial score (nSPS) is 27.7. The average molecular weight is 254 g/mol. The fourth-order valence-electron chi connectivity index (χ4n) is 2.95. The Hall–Kier alpha value is -0.0800. The maximum absolute atomic E-state index is 2.54. The van der Waals surface area contributed by atoms with E-state index in [0.717, 1.165) is 11.8 Å². The fourth-order valence-corrected chi connectivity index (χ4v) is 2.95. The molecule has 0 bridgehead atoms. The summed E-state index contributed by atoms with van der Waals surface area (Å²) in [6.07, 6.45) is 5.67. The minimum atomic E-state index is 0.943. The van der Waals surface area contributed by atoms with Crippen molar-refractivity contribution in [2.75, 3.05) is 39.3 Å². The number of likely N-dealkylation sites (tertiary alicyclic amines) is 2. The van der Waals surface area contributed by atoms with E-state index in [1.807, 2.05) is 0 Å². The molecule has 1 unspecified atom stereocenters. The molecular formula is C16H34N2. The van der Waals surface area contributed by atoms with E-state index in [0.29, 0.717) is 0 Å². The van der Waals surface area contributed by atoms with E-state index in [-0.39, 0.29) is 0 Å². The Morgan fingerprint density at radius 2 is 1.39 bits per heavy atom. The van der Waals surface area contributed by atoms with Crippen LogP contribution < -0.4 is 0 Å². The van der Waals surface area contributed by atoms with E-state index in [1.165, 1.54) is 65.0 Å². The van der Waals surface area contributed by atoms with Crippen LogP contribution in [0.25, 0.3) is 0 Å². The first-order chi connectivity index (χ1) is 8.65. The zero-order chi connectivity index (χ0) is 13.4. The number of nitrogens with zero attached hydrogens (tertiary/aromatic N) is 2. The van der Waals surface area contributed by atoms with Crippen LogP contribution in [0, 0.1) is 11.8 Å². The van der Waals surface area contributed by atoms with Crippen molar-refractivity contribution in [1.82, 2.24) is 9.80 Å². The highest BCUT2D eigenvalue weighted by Crippen LogP contribution is 2.15. The minimum absolute atomic E-state index is 0.943. The van der Waals surface area contributed by atoms with Gasteiger partial charge in [-0.3, -0.25) is 0 Å². The Morgan fingerprint density at radius 3 is 1.83 bits per heavy atom. The van der Waals surface area contributed by atoms with Crippen LogP contribution >= 0.6 is 0 Å². The van der Waals surface area contributed by atoms with Gasteiger partial charge in [0.1, 0.15) is 0 Å². The summed E-state index contributed by atoms with van der Waals surface area (Å²) >= 11 is 0. The first-order valence-electron chi connectivity index (χ1n) is 8.10. The molecule has 0 aromatic rings. The molecule has 0 aromatic heterocycles. The zero-order valence-corrected chi connectivity index (χ0v) is 13.1. The van der Waals surface area contributed by atoms with Gasteiger partial charge in [0.05, 0.1) is 0 Å². The van der Waals surface area contributed by atoms with Crippen molar-refractivity contribution in [3.05, 3.63) is 0 Å². The second-order valence-electron chi connectivity index (χ2n) is 6.26. The van der Waals surface area contributed by atoms with Crippen LogP contribution in [-0.2, 0) is 0 Å². The van der Waals surface area contributed by atoms with E-state index in [4.69, 9.17) is 0 Å². The van der Waals surface area contributed by atoms with E-state index >= 15 is 0 Å². The highest BCUT2D eigenvalue weighted by atomic mass is 15.1. The standard InChI is InChI=1S/2C8H17N/c1-3-9-6-4-8(2)5-7-9;1-3-9-6-4-5-8(2)7-9/h2*8H,3-7H2,1-2H3. The molecule has 2 heterocycles. The molecule has 2 nitrogen and oxygen atoms in total. The quantitative estimate of drug-likeness (QED) is 0.744. The Kier molecular flexibility index (Phi) is 7.92. The number of rotatable bonds is 2. The third-order valence-electron chi connectivity index (χ3n) is 4.51. The lowest BCUT2D eigenvalue weighted by molar-refractivity contribution is 0.192. The second-order valence-corrected chi connectivity index (χ2v) is 6.26. The SMILES string of the molecule is CCN1CCC(C)CC1.CCN1CCCC(C)C1. The minimum Gasteiger partial charge on any atom is -0.304 e. The topological polar surface area (TPSA) is 6.48 Å². The Bertz CT molecular complexity index is 197. The first kappa shape index (κ1) is 16.0. The van der Waals surface area contributed by atoms with Crippen molar-refractivity contribution < 1.29 is 0 Å². The van der Waals surface area contributed by atoms with Gasteiger partial charge in [-0.2, -0.15) is 0 Å². The summed E-state index contributed by atoms with van der Waals surface area (Å²) in [6.45, 7) is 17.0. The Morgan fingerprint density at radius 1 is 0.778 bits per heavy atom. The molecule has 0 aromatic carbocycles. The molecule has 0 aliphatic carbocycles. The smallest absolute Gasteiger partial charge is 0.000691 e. The molecule has 2 fully saturated rings. The van der Waals surface area contributed by atoms with Gasteiger partial charge in [-0.15, -0.1) is 0 Å². The third kappa shape index (κ3) is 6.19. The monoisotopic (exact) mass is 254 g/mol. The summed E-state index contributed by atoms with van der Waals surface area (Å²) in [5, 5.41) is 0. The summed E-state index contributed by atoms with van der Waals surface area (Å²) in [6, 6.07) is 0. The van der Waals surface area contributed by atoms with E-state index in [9.17, 15) is 0 Å². The molecule has 2 rings (SSSR count). The van der Waals surface area contributed by atoms with Crippen molar-refractivity contribution in [1.29, 1.82) is 0 Å². The molecule has 108 valence electrons. The fraction of sp³-hybridized carbons (Fsp3) is 1.00. The van der Waals surface area contributed by atoms with Crippen LogP contribution in [0.4, 0.5) is 0 Å². The summed E-state index contributed by atoms with van der Waals surface area (Å²) < 4.78 is 0. The lowest BCUT2D eigenvalue weighted by Crippen LogP contribution is -2.33. The largest absolute Gasteiger partial charge is 0.304 e. The molecule has 2 heteroatoms. The highest BCUT2D eigenvalue weighted by molar-refractivity contribution is 4.68. The molecule has 2 aliphatic rings. The molecule has 0 amide bonds. The third-order valence-corrected chi connectivity index (χ3v) is 4.51. The van der Waals surface area contributed by atoms with Gasteiger partial charge in [0, 0.05) is 6.54 Å². The van der Waals surface area contributed by atoms with Gasteiger partial charge in [-0.25, -0.2) is 0 Å². The maximum Gasteiger partial charge on any atom is 0.000691 e. The van der Waals surface area contributed by atoms with Crippen molar-refractivity contribution >= 4 is 0 Å². The van der Waals surface area contributed by atoms with Crippen molar-refractivity contribution in [3.8, 4) is 0 Å². The average Bonchev–Trinajstić information content (AvgIpc) is 2.40. The van der Waals surface area contributed by atoms with Gasteiger partial charge in [-0.05, 0) is 70.2 Å². The molecule has 1 atom stereocenters. The molecule has 0 N–H and O–H groups in total. The van der Waals surface area contributed by atoms with E-state index in [1.54, 1.807) is 0 Å². The van der Waals surface area contributed by atoms with Gasteiger partial charge in [0.25, 0.3) is 0 Å². The first-order valence-corrected chi connectivity index (χ1v) is 8.10. The summed E-state index contributed by atoms with van der Waals surface area (Å²) in [7, 11) is 0. The van der Waals surface area contributed by atoms with Crippen molar-refractivity contribution in [2.24, 2.45) is 11.8 Å². The second kappa shape index (κ2) is 8.92. The van der Waals surface area contributed by atoms with Gasteiger partial charge in [-0.1, -0.05) is 27.7 Å². The van der Waals surface area contributed by atoms with Crippen LogP contribution in [0.15, 0.2) is 0 Å². The Labute approximate surface area is 115 Å². The maximum atomic E-state index is 2.54. The van der Waals surface area contributed by atoms with Gasteiger partial charge in [0.15, 0.2) is 0 Å². The molecule has 0 saturated carbocycles. The molecular weight excluding hydrogens is 220 g/mol.